The molecule has 4 rings (SSSR count). The Bertz CT molecular complexity index is 1070. The Morgan fingerprint density at radius 1 is 1.09 bits per heavy atom. The maximum Gasteiger partial charge on any atom is 0.416 e. The number of carbonyl (C=O) groups excluding carboxylic acids is 2. The van der Waals surface area contributed by atoms with Crippen LogP contribution >= 0.6 is 11.6 Å². The van der Waals surface area contributed by atoms with Crippen LogP contribution in [-0.4, -0.2) is 48.6 Å². The highest BCUT2D eigenvalue weighted by Crippen LogP contribution is 2.34. The number of rotatable bonds is 3. The van der Waals surface area contributed by atoms with Gasteiger partial charge in [-0.3, -0.25) is 4.79 Å². The Kier molecular flexibility index (Phi) is 6.26. The van der Waals surface area contributed by atoms with Gasteiger partial charge in [-0.15, -0.1) is 0 Å². The van der Waals surface area contributed by atoms with Crippen LogP contribution in [0, 0.1) is 6.92 Å². The molecule has 2 heterocycles. The average Bonchev–Trinajstić information content (AvgIpc) is 2.75. The van der Waals surface area contributed by atoms with Crippen molar-refractivity contribution in [2.24, 2.45) is 0 Å². The molecule has 0 unspecified atom stereocenters. The first-order chi connectivity index (χ1) is 15.2. The van der Waals surface area contributed by atoms with Crippen molar-refractivity contribution in [3.05, 3.63) is 64.5 Å². The highest BCUT2D eigenvalue weighted by molar-refractivity contribution is 6.30. The molecule has 6 nitrogen and oxygen atoms in total. The van der Waals surface area contributed by atoms with Gasteiger partial charge in [-0.05, 0) is 61.2 Å². The van der Waals surface area contributed by atoms with Gasteiger partial charge in [0, 0.05) is 30.1 Å². The molecule has 168 valence electrons. The number of carbonyl (C=O) groups is 2. The zero-order valence-electron chi connectivity index (χ0n) is 18.5. The highest BCUT2D eigenvalue weighted by atomic mass is 35.5. The molecule has 7 heteroatoms. The molecule has 0 saturated carbocycles. The number of halogens is 1. The normalized spacial score (nSPS) is 18.4. The van der Waals surface area contributed by atoms with E-state index in [2.05, 4.69) is 5.32 Å². The molecule has 0 radical (unpaired) electrons. The fraction of sp³-hybridized carbons (Fsp3) is 0.360. The summed E-state index contributed by atoms with van der Waals surface area (Å²) in [5.74, 6) is 0.147. The summed E-state index contributed by atoms with van der Waals surface area (Å²) in [7, 11) is 0. The van der Waals surface area contributed by atoms with Crippen molar-refractivity contribution < 1.29 is 19.1 Å². The Hall–Kier alpha value is -2.83. The molecule has 2 aliphatic heterocycles. The lowest BCUT2D eigenvalue weighted by molar-refractivity contribution is -0.115. The van der Waals surface area contributed by atoms with E-state index < -0.39 is 11.6 Å². The molecule has 0 aromatic heterocycles. The molecule has 0 bridgehead atoms. The third-order valence-corrected chi connectivity index (χ3v) is 5.96. The lowest BCUT2D eigenvalue weighted by Crippen LogP contribution is -2.48. The van der Waals surface area contributed by atoms with Gasteiger partial charge in [-0.25, -0.2) is 4.79 Å². The first-order valence-corrected chi connectivity index (χ1v) is 11.1. The molecule has 1 N–H and O–H groups in total. The van der Waals surface area contributed by atoms with Crippen LogP contribution in [0.2, 0.25) is 5.02 Å². The number of hydrogen-bond donors (Lipinski definition) is 1. The molecule has 0 aliphatic carbocycles. The van der Waals surface area contributed by atoms with E-state index in [-0.39, 0.29) is 11.7 Å². The van der Waals surface area contributed by atoms with Crippen LogP contribution < -0.4 is 5.32 Å². The topological polar surface area (TPSA) is 67.9 Å². The predicted molar refractivity (Wildman–Crippen MR) is 124 cm³/mol. The van der Waals surface area contributed by atoms with Crippen molar-refractivity contribution in [2.75, 3.05) is 26.3 Å². The maximum atomic E-state index is 13.3. The summed E-state index contributed by atoms with van der Waals surface area (Å²) in [6.07, 6.45) is -0.184. The van der Waals surface area contributed by atoms with Crippen molar-refractivity contribution in [3.8, 4) is 11.1 Å². The Labute approximate surface area is 193 Å². The van der Waals surface area contributed by atoms with Crippen molar-refractivity contribution in [3.63, 3.8) is 0 Å². The van der Waals surface area contributed by atoms with E-state index in [0.717, 1.165) is 22.3 Å². The molecule has 2 aromatic rings. The smallest absolute Gasteiger partial charge is 0.393 e. The van der Waals surface area contributed by atoms with Crippen LogP contribution in [0.15, 0.2) is 48.3 Å². The second-order valence-corrected chi connectivity index (χ2v) is 9.25. The van der Waals surface area contributed by atoms with Gasteiger partial charge in [-0.1, -0.05) is 35.9 Å². The minimum Gasteiger partial charge on any atom is -0.393 e. The highest BCUT2D eigenvalue weighted by Gasteiger charge is 2.36. The third-order valence-electron chi connectivity index (χ3n) is 5.70. The average molecular weight is 455 g/mol. The molecule has 32 heavy (non-hydrogen) atoms. The van der Waals surface area contributed by atoms with Crippen LogP contribution in [0.4, 0.5) is 4.79 Å². The quantitative estimate of drug-likeness (QED) is 0.721. The van der Waals surface area contributed by atoms with E-state index in [1.54, 1.807) is 4.90 Å². The van der Waals surface area contributed by atoms with Gasteiger partial charge in [0.05, 0.1) is 18.8 Å². The van der Waals surface area contributed by atoms with Crippen LogP contribution in [0.1, 0.15) is 31.4 Å². The van der Waals surface area contributed by atoms with Gasteiger partial charge >= 0.3 is 6.09 Å². The summed E-state index contributed by atoms with van der Waals surface area (Å²) in [6, 6.07) is 13.5. The number of nitrogens with one attached hydrogen (secondary N) is 1. The molecular weight excluding hydrogens is 428 g/mol. The summed E-state index contributed by atoms with van der Waals surface area (Å²) >= 11 is 6.03. The molecule has 0 spiro atoms. The van der Waals surface area contributed by atoms with E-state index in [1.165, 1.54) is 0 Å². The number of Topliss-reactive ketones (excluding diaryl/α,β-unsaturated/α-hetero) is 1. The van der Waals surface area contributed by atoms with Crippen LogP contribution in [0.25, 0.3) is 16.7 Å². The predicted octanol–water partition coefficient (Wildman–Crippen LogP) is 4.79. The van der Waals surface area contributed by atoms with E-state index >= 15 is 0 Å². The number of hydrogen-bond acceptors (Lipinski definition) is 5. The van der Waals surface area contributed by atoms with Crippen molar-refractivity contribution in [1.82, 2.24) is 10.2 Å². The van der Waals surface area contributed by atoms with Crippen molar-refractivity contribution in [1.29, 1.82) is 0 Å². The number of ether oxygens (including phenoxy) is 2. The van der Waals surface area contributed by atoms with Crippen LogP contribution in [-0.2, 0) is 14.3 Å². The molecule has 2 aromatic carbocycles. The number of allylic oxidation sites excluding steroid dienone is 1. The summed E-state index contributed by atoms with van der Waals surface area (Å²) in [5.41, 5.74) is 3.48. The SMILES string of the molecule is Cc1ccc(-c2ccc(Cl)cc2)cc1C1=C(OC(=O)N2CCOCC2)NC(C)(C)CC1=O. The second kappa shape index (κ2) is 8.96. The first kappa shape index (κ1) is 22.4. The zero-order valence-corrected chi connectivity index (χ0v) is 19.3. The van der Waals surface area contributed by atoms with Crippen molar-refractivity contribution in [2.45, 2.75) is 32.7 Å². The Balaban J connectivity index is 1.76. The second-order valence-electron chi connectivity index (χ2n) is 8.82. The van der Waals surface area contributed by atoms with Gasteiger partial charge in [-0.2, -0.15) is 0 Å². The molecule has 2 aliphatic rings. The number of ketones is 1. The van der Waals surface area contributed by atoms with Crippen LogP contribution in [0.5, 0.6) is 0 Å². The third kappa shape index (κ3) is 4.81. The lowest BCUT2D eigenvalue weighted by Gasteiger charge is -2.35. The molecule has 1 amide bonds. The monoisotopic (exact) mass is 454 g/mol. The Morgan fingerprint density at radius 2 is 1.75 bits per heavy atom. The minimum atomic E-state index is -0.525. The van der Waals surface area contributed by atoms with Crippen LogP contribution in [0.3, 0.4) is 0 Å². The Morgan fingerprint density at radius 3 is 2.44 bits per heavy atom. The fourth-order valence-electron chi connectivity index (χ4n) is 3.99. The van der Waals surface area contributed by atoms with Gasteiger partial charge in [0.2, 0.25) is 5.88 Å². The zero-order chi connectivity index (χ0) is 22.9. The lowest BCUT2D eigenvalue weighted by atomic mass is 9.85. The number of amides is 1. The summed E-state index contributed by atoms with van der Waals surface area (Å²) < 4.78 is 11.1. The largest absolute Gasteiger partial charge is 0.416 e. The van der Waals surface area contributed by atoms with Gasteiger partial charge in [0.1, 0.15) is 0 Å². The van der Waals surface area contributed by atoms with Crippen molar-refractivity contribution >= 4 is 29.1 Å². The van der Waals surface area contributed by atoms with E-state index in [9.17, 15) is 9.59 Å². The molecule has 0 atom stereocenters. The molecular formula is C25H27ClN2O4. The van der Waals surface area contributed by atoms with E-state index in [1.807, 2.05) is 63.2 Å². The standard InChI is InChI=1S/C25H27ClN2O4/c1-16-4-5-18(17-6-8-19(26)9-7-17)14-20(16)22-21(29)15-25(2,3)27-23(22)32-24(30)28-10-12-31-13-11-28/h4-9,14,27H,10-13,15H2,1-3H3. The number of aryl methyl sites for hydroxylation is 1. The number of nitrogens with zero attached hydrogens (tertiary/aromatic N) is 1. The minimum absolute atomic E-state index is 0.0603. The number of morpholine rings is 1. The number of benzene rings is 2. The fourth-order valence-corrected chi connectivity index (χ4v) is 4.12. The summed E-state index contributed by atoms with van der Waals surface area (Å²) in [6.45, 7) is 7.65. The van der Waals surface area contributed by atoms with E-state index in [0.29, 0.717) is 43.3 Å². The van der Waals surface area contributed by atoms with Gasteiger partial charge in [0.25, 0.3) is 0 Å². The molecule has 1 fully saturated rings. The van der Waals surface area contributed by atoms with Gasteiger partial charge < -0.3 is 19.7 Å². The summed E-state index contributed by atoms with van der Waals surface area (Å²) in [4.78, 5) is 27.7. The summed E-state index contributed by atoms with van der Waals surface area (Å²) in [5, 5.41) is 3.94. The molecule has 1 saturated heterocycles. The first-order valence-electron chi connectivity index (χ1n) is 10.7. The maximum absolute atomic E-state index is 13.3. The van der Waals surface area contributed by atoms with E-state index in [4.69, 9.17) is 21.1 Å². The van der Waals surface area contributed by atoms with Gasteiger partial charge in [0.15, 0.2) is 5.78 Å².